The van der Waals surface area contributed by atoms with Crippen LogP contribution in [0.2, 0.25) is 0 Å². The molecule has 0 atom stereocenters. The Hall–Kier alpha value is -1.91. The van der Waals surface area contributed by atoms with Crippen molar-refractivity contribution in [1.82, 2.24) is 9.78 Å². The highest BCUT2D eigenvalue weighted by atomic mass is 16.6. The molecule has 0 bridgehead atoms. The van der Waals surface area contributed by atoms with Crippen molar-refractivity contribution in [1.29, 1.82) is 0 Å². The minimum atomic E-state index is -0.262. The van der Waals surface area contributed by atoms with Crippen LogP contribution in [-0.4, -0.2) is 14.7 Å². The number of hydrogen-bond acceptors (Lipinski definition) is 3. The zero-order chi connectivity index (χ0) is 12.3. The van der Waals surface area contributed by atoms with Crippen molar-refractivity contribution < 1.29 is 4.92 Å². The lowest BCUT2D eigenvalue weighted by Crippen LogP contribution is -1.98. The van der Waals surface area contributed by atoms with E-state index in [0.717, 1.165) is 29.3 Å². The third kappa shape index (κ3) is 1.43. The van der Waals surface area contributed by atoms with E-state index >= 15 is 0 Å². The number of nitro groups is 1. The molecule has 0 spiro atoms. The largest absolute Gasteiger partial charge is 0.273 e. The van der Waals surface area contributed by atoms with Crippen molar-refractivity contribution in [3.8, 4) is 0 Å². The smallest absolute Gasteiger partial charge is 0.262 e. The Balaban J connectivity index is 1.95. The first-order chi connectivity index (χ1) is 8.74. The average Bonchev–Trinajstić information content (AvgIpc) is 3.24. The summed E-state index contributed by atoms with van der Waals surface area (Å²) in [6.07, 6.45) is 6.24. The molecule has 4 rings (SSSR count). The fourth-order valence-electron chi connectivity index (χ4n) is 2.59. The lowest BCUT2D eigenvalue weighted by Gasteiger charge is -2.04. The van der Waals surface area contributed by atoms with Crippen molar-refractivity contribution in [3.63, 3.8) is 0 Å². The normalized spacial score (nSPS) is 19.3. The lowest BCUT2D eigenvalue weighted by molar-refractivity contribution is -0.385. The van der Waals surface area contributed by atoms with E-state index in [2.05, 4.69) is 5.10 Å². The number of hydrogen-bond donors (Lipinski definition) is 0. The van der Waals surface area contributed by atoms with E-state index in [0.29, 0.717) is 12.0 Å². The highest BCUT2D eigenvalue weighted by molar-refractivity contribution is 5.83. The van der Waals surface area contributed by atoms with E-state index in [4.69, 9.17) is 0 Å². The summed E-state index contributed by atoms with van der Waals surface area (Å²) in [5.74, 6) is 0.386. The third-order valence-corrected chi connectivity index (χ3v) is 3.85. The van der Waals surface area contributed by atoms with Gasteiger partial charge in [-0.25, -0.2) is 0 Å². The molecule has 2 fully saturated rings. The number of benzene rings is 1. The van der Waals surface area contributed by atoms with E-state index < -0.39 is 0 Å². The average molecular weight is 243 g/mol. The standard InChI is InChI=1S/C13H13N3O2/c17-16(18)13-5-9-7-14-15(10-3-4-10)12(9)6-11(13)8-1-2-8/h5-8,10H,1-4H2. The molecule has 18 heavy (non-hydrogen) atoms. The van der Waals surface area contributed by atoms with Gasteiger partial charge in [-0.3, -0.25) is 14.8 Å². The van der Waals surface area contributed by atoms with Crippen molar-refractivity contribution >= 4 is 16.6 Å². The number of rotatable bonds is 3. The summed E-state index contributed by atoms with van der Waals surface area (Å²) in [5.41, 5.74) is 2.22. The third-order valence-electron chi connectivity index (χ3n) is 3.85. The second-order valence-electron chi connectivity index (χ2n) is 5.32. The zero-order valence-electron chi connectivity index (χ0n) is 9.87. The van der Waals surface area contributed by atoms with Gasteiger partial charge in [0.05, 0.1) is 22.7 Å². The molecule has 0 N–H and O–H groups in total. The maximum Gasteiger partial charge on any atom is 0.273 e. The molecule has 1 aromatic heterocycles. The summed E-state index contributed by atoms with van der Waals surface area (Å²) < 4.78 is 2.03. The molecule has 2 aliphatic carbocycles. The molecular weight excluding hydrogens is 230 g/mol. The second kappa shape index (κ2) is 3.31. The van der Waals surface area contributed by atoms with Gasteiger partial charge in [-0.2, -0.15) is 5.10 Å². The summed E-state index contributed by atoms with van der Waals surface area (Å²) in [7, 11) is 0. The van der Waals surface area contributed by atoms with Gasteiger partial charge >= 0.3 is 0 Å². The highest BCUT2D eigenvalue weighted by Crippen LogP contribution is 2.46. The number of nitro benzene ring substituents is 1. The molecule has 0 unspecified atom stereocenters. The monoisotopic (exact) mass is 243 g/mol. The topological polar surface area (TPSA) is 61.0 Å². The minimum Gasteiger partial charge on any atom is -0.262 e. The molecule has 2 aromatic rings. The van der Waals surface area contributed by atoms with Crippen LogP contribution in [0.25, 0.3) is 10.9 Å². The van der Waals surface area contributed by atoms with Gasteiger partial charge in [0.25, 0.3) is 5.69 Å². The number of aromatic nitrogens is 2. The molecule has 92 valence electrons. The van der Waals surface area contributed by atoms with Gasteiger partial charge in [0.2, 0.25) is 0 Å². The van der Waals surface area contributed by atoms with Crippen LogP contribution in [0.4, 0.5) is 5.69 Å². The number of nitrogens with zero attached hydrogens (tertiary/aromatic N) is 3. The molecule has 2 saturated carbocycles. The maximum atomic E-state index is 11.1. The van der Waals surface area contributed by atoms with E-state index in [1.807, 2.05) is 10.7 Å². The summed E-state index contributed by atoms with van der Waals surface area (Å²) in [4.78, 5) is 10.9. The number of fused-ring (bicyclic) bond motifs is 1. The van der Waals surface area contributed by atoms with Crippen molar-refractivity contribution in [2.75, 3.05) is 0 Å². The summed E-state index contributed by atoms with van der Waals surface area (Å²) in [6, 6.07) is 4.20. The minimum absolute atomic E-state index is 0.262. The summed E-state index contributed by atoms with van der Waals surface area (Å²) >= 11 is 0. The Morgan fingerprint density at radius 3 is 2.67 bits per heavy atom. The van der Waals surface area contributed by atoms with E-state index in [9.17, 15) is 10.1 Å². The molecule has 1 heterocycles. The van der Waals surface area contributed by atoms with Gasteiger partial charge in [-0.05, 0) is 37.7 Å². The molecule has 0 aliphatic heterocycles. The van der Waals surface area contributed by atoms with Crippen LogP contribution >= 0.6 is 0 Å². The predicted octanol–water partition coefficient (Wildman–Crippen LogP) is 3.16. The molecule has 5 heteroatoms. The van der Waals surface area contributed by atoms with Gasteiger partial charge < -0.3 is 0 Å². The van der Waals surface area contributed by atoms with Crippen molar-refractivity contribution in [2.45, 2.75) is 37.6 Å². The van der Waals surface area contributed by atoms with Crippen molar-refractivity contribution in [3.05, 3.63) is 34.0 Å². The van der Waals surface area contributed by atoms with Gasteiger partial charge in [-0.15, -0.1) is 0 Å². The van der Waals surface area contributed by atoms with E-state index in [1.165, 1.54) is 12.8 Å². The molecular formula is C13H13N3O2. The van der Waals surface area contributed by atoms with Crippen LogP contribution in [0.1, 0.15) is 43.2 Å². The first-order valence-electron chi connectivity index (χ1n) is 6.39. The zero-order valence-corrected chi connectivity index (χ0v) is 9.87. The van der Waals surface area contributed by atoms with E-state index in [1.54, 1.807) is 12.3 Å². The van der Waals surface area contributed by atoms with Gasteiger partial charge in [0.15, 0.2) is 0 Å². The molecule has 2 aliphatic rings. The van der Waals surface area contributed by atoms with E-state index in [-0.39, 0.29) is 10.6 Å². The lowest BCUT2D eigenvalue weighted by atomic mass is 10.1. The maximum absolute atomic E-state index is 11.1. The van der Waals surface area contributed by atoms with Crippen LogP contribution in [0.5, 0.6) is 0 Å². The summed E-state index contributed by atoms with van der Waals surface area (Å²) in [6.45, 7) is 0. The molecule has 1 aromatic carbocycles. The molecule has 5 nitrogen and oxygen atoms in total. The van der Waals surface area contributed by atoms with Gasteiger partial charge in [0.1, 0.15) is 0 Å². The SMILES string of the molecule is O=[N+]([O-])c1cc2cnn(C3CC3)c2cc1C1CC1. The Bertz CT molecular complexity index is 654. The van der Waals surface area contributed by atoms with Crippen LogP contribution in [0.15, 0.2) is 18.3 Å². The molecule has 0 radical (unpaired) electrons. The Labute approximate surface area is 104 Å². The molecule has 0 amide bonds. The van der Waals surface area contributed by atoms with Crippen molar-refractivity contribution in [2.24, 2.45) is 0 Å². The summed E-state index contributed by atoms with van der Waals surface area (Å²) in [5, 5.41) is 16.4. The first kappa shape index (κ1) is 10.1. The van der Waals surface area contributed by atoms with Gasteiger partial charge in [-0.1, -0.05) is 0 Å². The van der Waals surface area contributed by atoms with Crippen LogP contribution in [0.3, 0.4) is 0 Å². The molecule has 0 saturated heterocycles. The fraction of sp³-hybridized carbons (Fsp3) is 0.462. The second-order valence-corrected chi connectivity index (χ2v) is 5.32. The van der Waals surface area contributed by atoms with Crippen LogP contribution in [0, 0.1) is 10.1 Å². The Morgan fingerprint density at radius 1 is 1.28 bits per heavy atom. The van der Waals surface area contributed by atoms with Crippen LogP contribution < -0.4 is 0 Å². The van der Waals surface area contributed by atoms with Crippen LogP contribution in [-0.2, 0) is 0 Å². The predicted molar refractivity (Wildman–Crippen MR) is 66.6 cm³/mol. The Kier molecular flexibility index (Phi) is 1.85. The first-order valence-corrected chi connectivity index (χ1v) is 6.39. The highest BCUT2D eigenvalue weighted by Gasteiger charge is 2.33. The Morgan fingerprint density at radius 2 is 2.06 bits per heavy atom. The van der Waals surface area contributed by atoms with Gasteiger partial charge in [0, 0.05) is 17.0 Å². The quantitative estimate of drug-likeness (QED) is 0.614. The fourth-order valence-corrected chi connectivity index (χ4v) is 2.59.